The van der Waals surface area contributed by atoms with Gasteiger partial charge in [0.15, 0.2) is 0 Å². The van der Waals surface area contributed by atoms with Crippen LogP contribution in [-0.4, -0.2) is 47.8 Å². The van der Waals surface area contributed by atoms with E-state index < -0.39 is 11.7 Å². The molecule has 1 heterocycles. The molecule has 0 spiro atoms. The topological polar surface area (TPSA) is 40.6 Å². The van der Waals surface area contributed by atoms with Gasteiger partial charge in [0.1, 0.15) is 0 Å². The lowest BCUT2D eigenvalue weighted by atomic mass is 10.1. The Morgan fingerprint density at radius 2 is 1.50 bits per heavy atom. The van der Waals surface area contributed by atoms with Gasteiger partial charge in [0.05, 0.1) is 5.56 Å². The molecule has 1 saturated heterocycles. The average molecular weight is 340 g/mol. The van der Waals surface area contributed by atoms with Crippen LogP contribution in [0.2, 0.25) is 0 Å². The number of hydrogen-bond donors (Lipinski definition) is 0. The van der Waals surface area contributed by atoms with Crippen LogP contribution in [0.1, 0.15) is 35.2 Å². The zero-order valence-corrected chi connectivity index (χ0v) is 13.2. The number of alkyl halides is 3. The van der Waals surface area contributed by atoms with Gasteiger partial charge in [-0.1, -0.05) is 0 Å². The maximum atomic E-state index is 12.6. The number of rotatable bonds is 2. The molecule has 0 N–H and O–H groups in total. The van der Waals surface area contributed by atoms with Gasteiger partial charge in [-0.05, 0) is 43.5 Å². The molecule has 1 aliphatic heterocycles. The van der Waals surface area contributed by atoms with Gasteiger partial charge >= 0.3 is 6.18 Å². The van der Waals surface area contributed by atoms with E-state index in [1.165, 1.54) is 12.1 Å². The number of benzene rings is 1. The summed E-state index contributed by atoms with van der Waals surface area (Å²) in [7, 11) is 0. The molecule has 0 radical (unpaired) electrons. The maximum Gasteiger partial charge on any atom is 0.416 e. The molecule has 7 heteroatoms. The largest absolute Gasteiger partial charge is 0.416 e. The van der Waals surface area contributed by atoms with Crippen molar-refractivity contribution in [2.24, 2.45) is 5.92 Å². The van der Waals surface area contributed by atoms with E-state index in [9.17, 15) is 22.8 Å². The van der Waals surface area contributed by atoms with E-state index in [0.29, 0.717) is 32.6 Å². The average Bonchev–Trinajstić information content (AvgIpc) is 3.39. The van der Waals surface area contributed by atoms with Gasteiger partial charge in [-0.2, -0.15) is 13.2 Å². The first-order chi connectivity index (χ1) is 11.4. The van der Waals surface area contributed by atoms with Gasteiger partial charge in [-0.15, -0.1) is 0 Å². The van der Waals surface area contributed by atoms with Crippen LogP contribution in [0.5, 0.6) is 0 Å². The van der Waals surface area contributed by atoms with Crippen LogP contribution in [0.3, 0.4) is 0 Å². The minimum Gasteiger partial charge on any atom is -0.341 e. The Kier molecular flexibility index (Phi) is 4.51. The van der Waals surface area contributed by atoms with E-state index in [-0.39, 0.29) is 23.3 Å². The van der Waals surface area contributed by atoms with Crippen LogP contribution in [-0.2, 0) is 11.0 Å². The highest BCUT2D eigenvalue weighted by molar-refractivity contribution is 5.94. The van der Waals surface area contributed by atoms with Crippen molar-refractivity contribution in [3.8, 4) is 0 Å². The molecule has 2 aliphatic rings. The van der Waals surface area contributed by atoms with Crippen molar-refractivity contribution in [3.05, 3.63) is 35.4 Å². The van der Waals surface area contributed by atoms with Crippen molar-refractivity contribution in [3.63, 3.8) is 0 Å². The third kappa shape index (κ3) is 3.71. The number of carbonyl (C=O) groups is 2. The molecule has 0 bridgehead atoms. The fourth-order valence-electron chi connectivity index (χ4n) is 2.91. The standard InChI is InChI=1S/C17H19F3N2O2/c18-17(19,20)14-6-4-13(5-7-14)16(24)22-9-1-8-21(10-11-22)15(23)12-2-3-12/h4-7,12H,1-3,8-11H2. The molecule has 24 heavy (non-hydrogen) atoms. The summed E-state index contributed by atoms with van der Waals surface area (Å²) in [6, 6.07) is 4.27. The molecule has 0 atom stereocenters. The summed E-state index contributed by atoms with van der Waals surface area (Å²) in [4.78, 5) is 28.0. The van der Waals surface area contributed by atoms with Crippen LogP contribution in [0.15, 0.2) is 24.3 Å². The Morgan fingerprint density at radius 1 is 0.917 bits per heavy atom. The lowest BCUT2D eigenvalue weighted by molar-refractivity contribution is -0.137. The van der Waals surface area contributed by atoms with Crippen LogP contribution >= 0.6 is 0 Å². The van der Waals surface area contributed by atoms with E-state index in [0.717, 1.165) is 25.0 Å². The van der Waals surface area contributed by atoms with Crippen molar-refractivity contribution in [1.29, 1.82) is 0 Å². The fraction of sp³-hybridized carbons (Fsp3) is 0.529. The van der Waals surface area contributed by atoms with Crippen molar-refractivity contribution in [2.45, 2.75) is 25.4 Å². The second-order valence-electron chi connectivity index (χ2n) is 6.32. The lowest BCUT2D eigenvalue weighted by Crippen LogP contribution is -2.38. The number of amides is 2. The summed E-state index contributed by atoms with van der Waals surface area (Å²) in [5.74, 6) is 0.0328. The smallest absolute Gasteiger partial charge is 0.341 e. The SMILES string of the molecule is O=C(c1ccc(C(F)(F)F)cc1)N1CCCN(C(=O)C2CC2)CC1. The third-order valence-corrected chi connectivity index (χ3v) is 4.48. The van der Waals surface area contributed by atoms with Gasteiger partial charge in [-0.3, -0.25) is 9.59 Å². The number of nitrogens with zero attached hydrogens (tertiary/aromatic N) is 2. The molecular weight excluding hydrogens is 321 g/mol. The monoisotopic (exact) mass is 340 g/mol. The van der Waals surface area contributed by atoms with Gasteiger partial charge < -0.3 is 9.80 Å². The lowest BCUT2D eigenvalue weighted by Gasteiger charge is -2.22. The first-order valence-electron chi connectivity index (χ1n) is 8.11. The van der Waals surface area contributed by atoms with Gasteiger partial charge in [-0.25, -0.2) is 0 Å². The molecule has 0 aromatic heterocycles. The Morgan fingerprint density at radius 3 is 2.08 bits per heavy atom. The highest BCUT2D eigenvalue weighted by Crippen LogP contribution is 2.31. The summed E-state index contributed by atoms with van der Waals surface area (Å²) in [6.45, 7) is 2.04. The fourth-order valence-corrected chi connectivity index (χ4v) is 2.91. The quantitative estimate of drug-likeness (QED) is 0.831. The highest BCUT2D eigenvalue weighted by Gasteiger charge is 2.34. The van der Waals surface area contributed by atoms with E-state index >= 15 is 0 Å². The van der Waals surface area contributed by atoms with Gasteiger partial charge in [0.25, 0.3) is 5.91 Å². The molecule has 3 rings (SSSR count). The van der Waals surface area contributed by atoms with Crippen LogP contribution in [0, 0.1) is 5.92 Å². The molecule has 1 aromatic rings. The molecular formula is C17H19F3N2O2. The Hall–Kier alpha value is -2.05. The van der Waals surface area contributed by atoms with Crippen molar-refractivity contribution >= 4 is 11.8 Å². The second-order valence-corrected chi connectivity index (χ2v) is 6.32. The van der Waals surface area contributed by atoms with E-state index in [4.69, 9.17) is 0 Å². The van der Waals surface area contributed by atoms with Crippen molar-refractivity contribution < 1.29 is 22.8 Å². The molecule has 4 nitrogen and oxygen atoms in total. The van der Waals surface area contributed by atoms with Crippen molar-refractivity contribution in [2.75, 3.05) is 26.2 Å². The number of hydrogen-bond acceptors (Lipinski definition) is 2. The molecule has 0 unspecified atom stereocenters. The summed E-state index contributed by atoms with van der Waals surface area (Å²) in [5.41, 5.74) is -0.527. The molecule has 1 aromatic carbocycles. The van der Waals surface area contributed by atoms with Gasteiger partial charge in [0.2, 0.25) is 5.91 Å². The van der Waals surface area contributed by atoms with E-state index in [1.807, 2.05) is 0 Å². The minimum absolute atomic E-state index is 0.155. The zero-order valence-electron chi connectivity index (χ0n) is 13.2. The molecule has 1 saturated carbocycles. The molecule has 2 fully saturated rings. The second kappa shape index (κ2) is 6.45. The van der Waals surface area contributed by atoms with E-state index in [1.54, 1.807) is 9.80 Å². The number of halogens is 3. The Labute approximate surface area is 138 Å². The summed E-state index contributed by atoms with van der Waals surface area (Å²) < 4.78 is 37.8. The minimum atomic E-state index is -4.41. The first-order valence-corrected chi connectivity index (χ1v) is 8.11. The molecule has 2 amide bonds. The Bertz CT molecular complexity index is 624. The third-order valence-electron chi connectivity index (χ3n) is 4.48. The van der Waals surface area contributed by atoms with Crippen LogP contribution in [0.4, 0.5) is 13.2 Å². The summed E-state index contributed by atoms with van der Waals surface area (Å²) >= 11 is 0. The first kappa shape index (κ1) is 16.8. The molecule has 130 valence electrons. The van der Waals surface area contributed by atoms with Crippen LogP contribution in [0.25, 0.3) is 0 Å². The van der Waals surface area contributed by atoms with Gasteiger partial charge in [0, 0.05) is 37.7 Å². The van der Waals surface area contributed by atoms with Crippen molar-refractivity contribution in [1.82, 2.24) is 9.80 Å². The predicted octanol–water partition coefficient (Wildman–Crippen LogP) is 2.79. The normalized spacial score (nSPS) is 19.1. The molecule has 1 aliphatic carbocycles. The Balaban J connectivity index is 1.63. The van der Waals surface area contributed by atoms with E-state index in [2.05, 4.69) is 0 Å². The highest BCUT2D eigenvalue weighted by atomic mass is 19.4. The summed E-state index contributed by atoms with van der Waals surface area (Å²) in [6.07, 6.45) is -1.83. The zero-order chi connectivity index (χ0) is 17.3. The number of carbonyl (C=O) groups excluding carboxylic acids is 2. The maximum absolute atomic E-state index is 12.6. The summed E-state index contributed by atoms with van der Waals surface area (Å²) in [5, 5.41) is 0. The van der Waals surface area contributed by atoms with Crippen LogP contribution < -0.4 is 0 Å². The predicted molar refractivity (Wildman–Crippen MR) is 81.3 cm³/mol.